The van der Waals surface area contributed by atoms with E-state index in [0.717, 1.165) is 38.2 Å². The molecule has 2 rings (SSSR count). The van der Waals surface area contributed by atoms with Crippen LogP contribution in [0.3, 0.4) is 0 Å². The number of likely N-dealkylation sites (tertiary alicyclic amines) is 1. The van der Waals surface area contributed by atoms with Crippen LogP contribution in [-0.4, -0.2) is 41.7 Å². The van der Waals surface area contributed by atoms with Crippen LogP contribution < -0.4 is 4.74 Å². The van der Waals surface area contributed by atoms with Crippen molar-refractivity contribution in [3.63, 3.8) is 0 Å². The first-order valence-corrected chi connectivity index (χ1v) is 7.86. The van der Waals surface area contributed by atoms with Crippen LogP contribution >= 0.6 is 23.2 Å². The fourth-order valence-electron chi connectivity index (χ4n) is 2.51. The predicted octanol–water partition coefficient (Wildman–Crippen LogP) is 3.70. The monoisotopic (exact) mass is 331 g/mol. The number of ether oxygens (including phenoxy) is 1. The summed E-state index contributed by atoms with van der Waals surface area (Å²) in [7, 11) is 0. The van der Waals surface area contributed by atoms with E-state index in [4.69, 9.17) is 33.0 Å². The summed E-state index contributed by atoms with van der Waals surface area (Å²) in [4.78, 5) is 12.8. The minimum Gasteiger partial charge on any atom is -0.489 e. The Hall–Kier alpha value is -0.970. The molecule has 1 N–H and O–H groups in total. The smallest absolute Gasteiger partial charge is 0.303 e. The first-order chi connectivity index (χ1) is 10.0. The molecule has 1 atom stereocenters. The Morgan fingerprint density at radius 1 is 1.38 bits per heavy atom. The molecule has 0 amide bonds. The highest BCUT2D eigenvalue weighted by atomic mass is 35.5. The summed E-state index contributed by atoms with van der Waals surface area (Å²) in [6, 6.07) is 5.28. The Morgan fingerprint density at radius 3 is 2.90 bits per heavy atom. The van der Waals surface area contributed by atoms with Gasteiger partial charge in [-0.3, -0.25) is 9.69 Å². The maximum absolute atomic E-state index is 10.5. The van der Waals surface area contributed by atoms with Gasteiger partial charge >= 0.3 is 5.97 Å². The van der Waals surface area contributed by atoms with Crippen LogP contribution in [0.4, 0.5) is 0 Å². The molecule has 0 spiro atoms. The van der Waals surface area contributed by atoms with Crippen LogP contribution in [0.1, 0.15) is 25.7 Å². The summed E-state index contributed by atoms with van der Waals surface area (Å²) in [5.74, 6) is -0.0163. The number of carbonyl (C=O) groups is 1. The molecule has 6 heteroatoms. The highest BCUT2D eigenvalue weighted by Crippen LogP contribution is 2.28. The van der Waals surface area contributed by atoms with Gasteiger partial charge in [-0.1, -0.05) is 23.2 Å². The van der Waals surface area contributed by atoms with Crippen molar-refractivity contribution in [2.45, 2.75) is 31.8 Å². The lowest BCUT2D eigenvalue weighted by Crippen LogP contribution is -2.41. The fraction of sp³-hybridized carbons (Fsp3) is 0.533. The summed E-state index contributed by atoms with van der Waals surface area (Å²) >= 11 is 11.9. The van der Waals surface area contributed by atoms with Crippen molar-refractivity contribution in [3.05, 3.63) is 28.2 Å². The molecule has 0 bridgehead atoms. The van der Waals surface area contributed by atoms with Gasteiger partial charge in [-0.05, 0) is 44.5 Å². The lowest BCUT2D eigenvalue weighted by atomic mass is 10.1. The van der Waals surface area contributed by atoms with Gasteiger partial charge in [-0.25, -0.2) is 0 Å². The quantitative estimate of drug-likeness (QED) is 0.863. The first kappa shape index (κ1) is 16.4. The van der Waals surface area contributed by atoms with Crippen molar-refractivity contribution in [1.82, 2.24) is 4.90 Å². The van der Waals surface area contributed by atoms with Crippen molar-refractivity contribution in [3.8, 4) is 5.75 Å². The molecule has 21 heavy (non-hydrogen) atoms. The van der Waals surface area contributed by atoms with Gasteiger partial charge in [-0.2, -0.15) is 0 Å². The molecule has 0 unspecified atom stereocenters. The van der Waals surface area contributed by atoms with E-state index in [0.29, 0.717) is 16.5 Å². The third-order valence-corrected chi connectivity index (χ3v) is 4.26. The predicted molar refractivity (Wildman–Crippen MR) is 83.4 cm³/mol. The van der Waals surface area contributed by atoms with E-state index in [2.05, 4.69) is 4.90 Å². The third-order valence-electron chi connectivity index (χ3n) is 3.52. The van der Waals surface area contributed by atoms with Gasteiger partial charge in [0.25, 0.3) is 0 Å². The molecule has 0 radical (unpaired) electrons. The molecule has 1 aromatic rings. The Morgan fingerprint density at radius 2 is 2.19 bits per heavy atom. The minimum atomic E-state index is -0.740. The molecule has 0 saturated carbocycles. The first-order valence-electron chi connectivity index (χ1n) is 7.10. The van der Waals surface area contributed by atoms with Crippen LogP contribution in [0, 0.1) is 0 Å². The molecule has 1 aromatic carbocycles. The highest BCUT2D eigenvalue weighted by molar-refractivity contribution is 6.42. The average molecular weight is 332 g/mol. The van der Waals surface area contributed by atoms with Crippen LogP contribution in [0.25, 0.3) is 0 Å². The Kier molecular flexibility index (Phi) is 6.15. The van der Waals surface area contributed by atoms with E-state index in [1.807, 2.05) is 6.07 Å². The zero-order chi connectivity index (χ0) is 15.2. The van der Waals surface area contributed by atoms with E-state index >= 15 is 0 Å². The molecule has 1 fully saturated rings. The molecule has 0 aromatic heterocycles. The SMILES string of the molecule is O=C(O)CCCN1CCC[C@@H](Oc2ccc(Cl)c(Cl)c2)C1. The number of piperidine rings is 1. The van der Waals surface area contributed by atoms with Gasteiger partial charge in [0.2, 0.25) is 0 Å². The van der Waals surface area contributed by atoms with Crippen LogP contribution in [0.5, 0.6) is 5.75 Å². The van der Waals surface area contributed by atoms with Gasteiger partial charge in [0.1, 0.15) is 11.9 Å². The Labute approximate surface area is 134 Å². The lowest BCUT2D eigenvalue weighted by Gasteiger charge is -2.32. The van der Waals surface area contributed by atoms with Crippen LogP contribution in [-0.2, 0) is 4.79 Å². The summed E-state index contributed by atoms with van der Waals surface area (Å²) < 4.78 is 5.95. The van der Waals surface area contributed by atoms with Crippen molar-refractivity contribution < 1.29 is 14.6 Å². The van der Waals surface area contributed by atoms with Crippen molar-refractivity contribution >= 4 is 29.2 Å². The number of hydrogen-bond donors (Lipinski definition) is 1. The number of carboxylic acid groups (broad SMARTS) is 1. The standard InChI is InChI=1S/C15H19Cl2NO3/c16-13-6-5-11(9-14(13)17)21-12-3-1-7-18(10-12)8-2-4-15(19)20/h5-6,9,12H,1-4,7-8,10H2,(H,19,20)/t12-/m1/s1. The van der Waals surface area contributed by atoms with Gasteiger partial charge in [0.15, 0.2) is 0 Å². The molecular weight excluding hydrogens is 313 g/mol. The third kappa shape index (κ3) is 5.38. The van der Waals surface area contributed by atoms with Gasteiger partial charge in [0.05, 0.1) is 10.0 Å². The topological polar surface area (TPSA) is 49.8 Å². The number of carboxylic acids is 1. The second kappa shape index (κ2) is 7.87. The second-order valence-corrected chi connectivity index (χ2v) is 6.07. The molecule has 116 valence electrons. The zero-order valence-electron chi connectivity index (χ0n) is 11.7. The summed E-state index contributed by atoms with van der Waals surface area (Å²) in [5.41, 5.74) is 0. The number of rotatable bonds is 6. The highest BCUT2D eigenvalue weighted by Gasteiger charge is 2.21. The van der Waals surface area contributed by atoms with E-state index in [-0.39, 0.29) is 12.5 Å². The fourth-order valence-corrected chi connectivity index (χ4v) is 2.80. The van der Waals surface area contributed by atoms with E-state index < -0.39 is 5.97 Å². The maximum Gasteiger partial charge on any atom is 0.303 e. The number of hydrogen-bond acceptors (Lipinski definition) is 3. The lowest BCUT2D eigenvalue weighted by molar-refractivity contribution is -0.137. The summed E-state index contributed by atoms with van der Waals surface area (Å²) in [5, 5.41) is 9.68. The van der Waals surface area contributed by atoms with E-state index in [1.165, 1.54) is 0 Å². The number of halogens is 2. The van der Waals surface area contributed by atoms with Gasteiger partial charge in [0, 0.05) is 19.0 Å². The van der Waals surface area contributed by atoms with Crippen molar-refractivity contribution in [2.75, 3.05) is 19.6 Å². The molecule has 1 aliphatic rings. The minimum absolute atomic E-state index is 0.112. The Bertz CT molecular complexity index is 496. The van der Waals surface area contributed by atoms with Gasteiger partial charge < -0.3 is 9.84 Å². The zero-order valence-corrected chi connectivity index (χ0v) is 13.2. The molecule has 4 nitrogen and oxygen atoms in total. The van der Waals surface area contributed by atoms with Gasteiger partial charge in [-0.15, -0.1) is 0 Å². The van der Waals surface area contributed by atoms with Crippen molar-refractivity contribution in [2.24, 2.45) is 0 Å². The Balaban J connectivity index is 1.83. The van der Waals surface area contributed by atoms with E-state index in [1.54, 1.807) is 12.1 Å². The maximum atomic E-state index is 10.5. The number of nitrogens with zero attached hydrogens (tertiary/aromatic N) is 1. The summed E-state index contributed by atoms with van der Waals surface area (Å²) in [6.45, 7) is 2.62. The number of benzene rings is 1. The van der Waals surface area contributed by atoms with Crippen LogP contribution in [0.15, 0.2) is 18.2 Å². The molecule has 1 aliphatic heterocycles. The molecule has 1 saturated heterocycles. The van der Waals surface area contributed by atoms with Crippen LogP contribution in [0.2, 0.25) is 10.0 Å². The average Bonchev–Trinajstić information content (AvgIpc) is 2.43. The van der Waals surface area contributed by atoms with Crippen molar-refractivity contribution in [1.29, 1.82) is 0 Å². The van der Waals surface area contributed by atoms with E-state index in [9.17, 15) is 4.79 Å². The molecule has 0 aliphatic carbocycles. The second-order valence-electron chi connectivity index (χ2n) is 5.26. The normalized spacial score (nSPS) is 19.4. The largest absolute Gasteiger partial charge is 0.489 e. The molecular formula is C15H19Cl2NO3. The molecule has 1 heterocycles. The number of aliphatic carboxylic acids is 1. The summed E-state index contributed by atoms with van der Waals surface area (Å²) in [6.07, 6.45) is 3.05.